The molecule has 2 aromatic heterocycles. The topological polar surface area (TPSA) is 80.0 Å². The molecule has 0 atom stereocenters. The van der Waals surface area contributed by atoms with Gasteiger partial charge in [-0.3, -0.25) is 4.79 Å². The fourth-order valence-corrected chi connectivity index (χ4v) is 5.04. The van der Waals surface area contributed by atoms with Crippen molar-refractivity contribution in [2.24, 2.45) is 0 Å². The molecule has 0 spiro atoms. The molecule has 3 aromatic rings. The first-order valence-corrected chi connectivity index (χ1v) is 13.3. The van der Waals surface area contributed by atoms with E-state index in [9.17, 15) is 14.0 Å². The molecule has 0 unspecified atom stereocenters. The maximum atomic E-state index is 14.4. The Bertz CT molecular complexity index is 1340. The molecule has 0 aliphatic carbocycles. The molecule has 3 heterocycles. The van der Waals surface area contributed by atoms with Gasteiger partial charge < -0.3 is 14.5 Å². The smallest absolute Gasteiger partial charge is 0.410 e. The second-order valence-corrected chi connectivity index (χ2v) is 11.2. The molecule has 4 rings (SSSR count). The molecule has 0 saturated carbocycles. The third-order valence-electron chi connectivity index (χ3n) is 6.98. The predicted molar refractivity (Wildman–Crippen MR) is 145 cm³/mol. The minimum atomic E-state index is -0.540. The van der Waals surface area contributed by atoms with Gasteiger partial charge in [0.15, 0.2) is 0 Å². The van der Waals surface area contributed by atoms with Gasteiger partial charge >= 0.3 is 6.09 Å². The molecule has 8 nitrogen and oxygen atoms in total. The number of hydrogen-bond donors (Lipinski definition) is 0. The van der Waals surface area contributed by atoms with E-state index in [1.165, 1.54) is 12.1 Å². The van der Waals surface area contributed by atoms with E-state index in [0.29, 0.717) is 30.8 Å². The van der Waals surface area contributed by atoms with Crippen molar-refractivity contribution in [3.8, 4) is 11.1 Å². The van der Waals surface area contributed by atoms with Gasteiger partial charge in [0.25, 0.3) is 5.91 Å². The third-order valence-corrected chi connectivity index (χ3v) is 6.98. The number of rotatable bonds is 5. The van der Waals surface area contributed by atoms with Crippen molar-refractivity contribution in [2.75, 3.05) is 19.6 Å². The highest BCUT2D eigenvalue weighted by molar-refractivity contribution is 6.03. The number of benzene rings is 1. The number of nitrogens with zero attached hydrogens (tertiary/aromatic N) is 5. The summed E-state index contributed by atoms with van der Waals surface area (Å²) < 4.78 is 21.8. The van der Waals surface area contributed by atoms with Gasteiger partial charge in [-0.15, -0.1) is 0 Å². The minimum Gasteiger partial charge on any atom is -0.444 e. The number of carbonyl (C=O) groups excluding carboxylic acids is 2. The minimum absolute atomic E-state index is 0.0241. The molecule has 0 bridgehead atoms. The van der Waals surface area contributed by atoms with E-state index in [1.807, 2.05) is 54.5 Å². The lowest BCUT2D eigenvalue weighted by Crippen LogP contribution is -2.41. The number of fused-ring (bicyclic) bond motifs is 1. The summed E-state index contributed by atoms with van der Waals surface area (Å²) in [5.41, 5.74) is 2.82. The molecule has 38 heavy (non-hydrogen) atoms. The number of aryl methyl sites for hydroxylation is 1. The van der Waals surface area contributed by atoms with Crippen LogP contribution in [0.15, 0.2) is 30.5 Å². The molecule has 9 heteroatoms. The summed E-state index contributed by atoms with van der Waals surface area (Å²) in [4.78, 5) is 34.0. The van der Waals surface area contributed by atoms with E-state index in [2.05, 4.69) is 4.98 Å². The van der Waals surface area contributed by atoms with Crippen LogP contribution in [0.3, 0.4) is 0 Å². The summed E-state index contributed by atoms with van der Waals surface area (Å²) in [5.74, 6) is 0.166. The van der Waals surface area contributed by atoms with Gasteiger partial charge in [-0.2, -0.15) is 5.10 Å². The number of hydrogen-bond acceptors (Lipinski definition) is 5. The number of ether oxygens (including phenoxy) is 1. The molecule has 1 aliphatic rings. The Morgan fingerprint density at radius 2 is 1.84 bits per heavy atom. The van der Waals surface area contributed by atoms with Crippen molar-refractivity contribution >= 4 is 17.5 Å². The SMILES string of the molecule is CCN(C(=O)c1cc(F)ccc1-c1cc(C2CCN(C(=O)OC(C)(C)C)CC2)nn2c(C)ncc12)C(C)C. The maximum absolute atomic E-state index is 14.4. The molecule has 0 radical (unpaired) electrons. The molecule has 2 amide bonds. The van der Waals surface area contributed by atoms with Crippen molar-refractivity contribution in [2.45, 2.75) is 78.9 Å². The first-order chi connectivity index (χ1) is 17.9. The van der Waals surface area contributed by atoms with E-state index in [-0.39, 0.29) is 24.0 Å². The van der Waals surface area contributed by atoms with Crippen molar-refractivity contribution in [3.05, 3.63) is 53.4 Å². The average molecular weight is 524 g/mol. The maximum Gasteiger partial charge on any atom is 0.410 e. The van der Waals surface area contributed by atoms with Crippen LogP contribution in [0, 0.1) is 12.7 Å². The summed E-state index contributed by atoms with van der Waals surface area (Å²) in [6.07, 6.45) is 2.91. The molecule has 1 aromatic carbocycles. The summed E-state index contributed by atoms with van der Waals surface area (Å²) in [6.45, 7) is 14.9. The Balaban J connectivity index is 1.73. The molecular formula is C29H38FN5O3. The summed E-state index contributed by atoms with van der Waals surface area (Å²) in [5, 5.41) is 4.90. The number of imidazole rings is 1. The van der Waals surface area contributed by atoms with Crippen molar-refractivity contribution in [1.82, 2.24) is 24.4 Å². The lowest BCUT2D eigenvalue weighted by Gasteiger charge is -2.33. The molecule has 0 N–H and O–H groups in total. The standard InChI is InChI=1S/C29H38FN5O3/c1-8-34(18(2)3)27(36)24-15-21(30)9-10-22(24)23-16-25(32-35-19(4)31-17-26(23)35)20-11-13-33(14-12-20)28(37)38-29(5,6)7/h9-10,15-18,20H,8,11-14H2,1-7H3. The quantitative estimate of drug-likeness (QED) is 0.420. The molecule has 1 saturated heterocycles. The Morgan fingerprint density at radius 3 is 2.45 bits per heavy atom. The van der Waals surface area contributed by atoms with Crippen molar-refractivity contribution < 1.29 is 18.7 Å². The molecular weight excluding hydrogens is 485 g/mol. The Kier molecular flexibility index (Phi) is 7.76. The number of likely N-dealkylation sites (tertiary alicyclic amines) is 1. The van der Waals surface area contributed by atoms with Gasteiger partial charge in [0.05, 0.1) is 23.0 Å². The highest BCUT2D eigenvalue weighted by Crippen LogP contribution is 2.35. The number of piperidine rings is 1. The van der Waals surface area contributed by atoms with Gasteiger partial charge in [-0.25, -0.2) is 18.7 Å². The highest BCUT2D eigenvalue weighted by Gasteiger charge is 2.30. The van der Waals surface area contributed by atoms with Crippen LogP contribution < -0.4 is 0 Å². The summed E-state index contributed by atoms with van der Waals surface area (Å²) >= 11 is 0. The lowest BCUT2D eigenvalue weighted by atomic mass is 9.91. The van der Waals surface area contributed by atoms with Gasteiger partial charge in [0, 0.05) is 37.2 Å². The van der Waals surface area contributed by atoms with Crippen LogP contribution in [0.5, 0.6) is 0 Å². The van der Waals surface area contributed by atoms with Gasteiger partial charge in [-0.1, -0.05) is 6.07 Å². The number of carbonyl (C=O) groups is 2. The Hall–Kier alpha value is -3.49. The van der Waals surface area contributed by atoms with Crippen LogP contribution in [-0.4, -0.2) is 67.7 Å². The van der Waals surface area contributed by atoms with Crippen LogP contribution in [0.2, 0.25) is 0 Å². The predicted octanol–water partition coefficient (Wildman–Crippen LogP) is 5.83. The zero-order chi connectivity index (χ0) is 27.8. The fourth-order valence-electron chi connectivity index (χ4n) is 5.04. The van der Waals surface area contributed by atoms with Gasteiger partial charge in [-0.05, 0) is 85.1 Å². The van der Waals surface area contributed by atoms with E-state index < -0.39 is 11.4 Å². The van der Waals surface area contributed by atoms with Crippen molar-refractivity contribution in [1.29, 1.82) is 0 Å². The first kappa shape index (κ1) is 27.5. The van der Waals surface area contributed by atoms with Crippen LogP contribution in [-0.2, 0) is 4.74 Å². The van der Waals surface area contributed by atoms with E-state index in [4.69, 9.17) is 9.84 Å². The number of halogens is 1. The largest absolute Gasteiger partial charge is 0.444 e. The zero-order valence-electron chi connectivity index (χ0n) is 23.4. The summed E-state index contributed by atoms with van der Waals surface area (Å²) in [7, 11) is 0. The monoisotopic (exact) mass is 523 g/mol. The Labute approximate surface area is 223 Å². The van der Waals surface area contributed by atoms with Crippen molar-refractivity contribution in [3.63, 3.8) is 0 Å². The molecule has 1 fully saturated rings. The normalized spacial score (nSPS) is 14.8. The van der Waals surface area contributed by atoms with Crippen LogP contribution in [0.1, 0.15) is 82.2 Å². The van der Waals surface area contributed by atoms with Gasteiger partial charge in [0.1, 0.15) is 17.2 Å². The summed E-state index contributed by atoms with van der Waals surface area (Å²) in [6, 6.07) is 6.35. The first-order valence-electron chi connectivity index (χ1n) is 13.3. The van der Waals surface area contributed by atoms with E-state index in [1.54, 1.807) is 26.6 Å². The number of aromatic nitrogens is 3. The van der Waals surface area contributed by atoms with Gasteiger partial charge in [0.2, 0.25) is 0 Å². The van der Waals surface area contributed by atoms with Crippen LogP contribution in [0.25, 0.3) is 16.6 Å². The molecule has 1 aliphatic heterocycles. The zero-order valence-corrected chi connectivity index (χ0v) is 23.4. The van der Waals surface area contributed by atoms with E-state index >= 15 is 0 Å². The second-order valence-electron chi connectivity index (χ2n) is 11.2. The third kappa shape index (κ3) is 5.66. The average Bonchev–Trinajstić information content (AvgIpc) is 3.23. The Morgan fingerprint density at radius 1 is 1.16 bits per heavy atom. The lowest BCUT2D eigenvalue weighted by molar-refractivity contribution is 0.0203. The second kappa shape index (κ2) is 10.7. The van der Waals surface area contributed by atoms with E-state index in [0.717, 1.165) is 35.4 Å². The molecule has 204 valence electrons. The van der Waals surface area contributed by atoms with Crippen LogP contribution in [0.4, 0.5) is 9.18 Å². The fraction of sp³-hybridized carbons (Fsp3) is 0.517. The number of amides is 2. The highest BCUT2D eigenvalue weighted by atomic mass is 19.1. The van der Waals surface area contributed by atoms with Crippen LogP contribution >= 0.6 is 0 Å².